The van der Waals surface area contributed by atoms with Gasteiger partial charge in [-0.25, -0.2) is 9.78 Å². The number of aromatic nitrogens is 3. The van der Waals surface area contributed by atoms with Crippen molar-refractivity contribution in [2.45, 2.75) is 32.3 Å². The molecule has 4 aromatic rings. The summed E-state index contributed by atoms with van der Waals surface area (Å²) in [5.41, 5.74) is 11.0. The predicted molar refractivity (Wildman–Crippen MR) is 117 cm³/mol. The zero-order valence-electron chi connectivity index (χ0n) is 17.1. The number of hydrogen-bond acceptors (Lipinski definition) is 4. The van der Waals surface area contributed by atoms with Crippen LogP contribution in [0.2, 0.25) is 0 Å². The van der Waals surface area contributed by atoms with E-state index in [2.05, 4.69) is 50.8 Å². The number of carbonyl (C=O) groups excluding carboxylic acids is 1. The molecule has 0 fully saturated rings. The first-order valence-corrected chi connectivity index (χ1v) is 9.87. The molecule has 3 aromatic heterocycles. The lowest BCUT2D eigenvalue weighted by molar-refractivity contribution is 0.0394. The van der Waals surface area contributed by atoms with Crippen molar-refractivity contribution >= 4 is 11.7 Å². The van der Waals surface area contributed by atoms with Gasteiger partial charge in [-0.1, -0.05) is 24.3 Å². The van der Waals surface area contributed by atoms with E-state index in [0.29, 0.717) is 6.42 Å². The Balaban J connectivity index is 1.52. The van der Waals surface area contributed by atoms with E-state index in [4.69, 9.17) is 10.5 Å². The van der Waals surface area contributed by atoms with Gasteiger partial charge in [-0.2, -0.15) is 0 Å². The maximum atomic E-state index is 11.0. The number of nitrogens with two attached hydrogens (primary N) is 1. The minimum absolute atomic E-state index is 0.585. The topological polar surface area (TPSA) is 82.5 Å². The summed E-state index contributed by atoms with van der Waals surface area (Å²) in [5.74, 6) is 0. The normalized spacial score (nSPS) is 11.5. The highest BCUT2D eigenvalue weighted by Crippen LogP contribution is 2.26. The van der Waals surface area contributed by atoms with Crippen molar-refractivity contribution in [3.8, 4) is 22.4 Å². The van der Waals surface area contributed by atoms with Crippen molar-refractivity contribution < 1.29 is 9.53 Å². The van der Waals surface area contributed by atoms with Gasteiger partial charge in [-0.3, -0.25) is 9.38 Å². The van der Waals surface area contributed by atoms with Crippen LogP contribution in [0.25, 0.3) is 28.0 Å². The molecule has 2 N–H and O–H groups in total. The molecule has 0 aliphatic carbocycles. The monoisotopic (exact) mass is 400 g/mol. The number of imidazole rings is 1. The first kappa shape index (κ1) is 19.6. The van der Waals surface area contributed by atoms with Crippen LogP contribution in [0.1, 0.15) is 25.8 Å². The first-order chi connectivity index (χ1) is 14.4. The van der Waals surface area contributed by atoms with Crippen LogP contribution in [0.5, 0.6) is 0 Å². The minimum Gasteiger partial charge on any atom is -0.444 e. The van der Waals surface area contributed by atoms with Crippen LogP contribution in [0, 0.1) is 0 Å². The number of pyridine rings is 2. The smallest absolute Gasteiger partial charge is 0.405 e. The third-order valence-corrected chi connectivity index (χ3v) is 5.17. The SMILES string of the molecule is CC(C)(CCc1ccc(-c2cnc3cc(-c4ccncc4)ccn23)cc1)OC(N)=O. The molecule has 6 nitrogen and oxygen atoms in total. The van der Waals surface area contributed by atoms with Gasteiger partial charge in [0, 0.05) is 24.2 Å². The van der Waals surface area contributed by atoms with Gasteiger partial charge in [0.05, 0.1) is 11.9 Å². The number of primary amides is 1. The average molecular weight is 400 g/mol. The van der Waals surface area contributed by atoms with Crippen molar-refractivity contribution in [3.05, 3.63) is 78.9 Å². The van der Waals surface area contributed by atoms with Crippen LogP contribution >= 0.6 is 0 Å². The second-order valence-electron chi connectivity index (χ2n) is 7.90. The Morgan fingerprint density at radius 3 is 2.47 bits per heavy atom. The van der Waals surface area contributed by atoms with E-state index in [1.165, 1.54) is 5.56 Å². The maximum absolute atomic E-state index is 11.0. The largest absolute Gasteiger partial charge is 0.444 e. The van der Waals surface area contributed by atoms with Gasteiger partial charge < -0.3 is 10.5 Å². The fourth-order valence-corrected chi connectivity index (χ4v) is 3.53. The van der Waals surface area contributed by atoms with Crippen molar-refractivity contribution in [1.29, 1.82) is 0 Å². The van der Waals surface area contributed by atoms with Crippen molar-refractivity contribution in [2.24, 2.45) is 5.73 Å². The number of hydrogen-bond donors (Lipinski definition) is 1. The fourth-order valence-electron chi connectivity index (χ4n) is 3.53. The Morgan fingerprint density at radius 2 is 1.77 bits per heavy atom. The number of fused-ring (bicyclic) bond motifs is 1. The molecule has 0 radical (unpaired) electrons. The molecular weight excluding hydrogens is 376 g/mol. The van der Waals surface area contributed by atoms with E-state index in [1.807, 2.05) is 38.4 Å². The molecule has 0 saturated carbocycles. The maximum Gasteiger partial charge on any atom is 0.405 e. The van der Waals surface area contributed by atoms with Gasteiger partial charge in [0.1, 0.15) is 11.2 Å². The van der Waals surface area contributed by atoms with Crippen molar-refractivity contribution in [1.82, 2.24) is 14.4 Å². The second-order valence-corrected chi connectivity index (χ2v) is 7.90. The summed E-state index contributed by atoms with van der Waals surface area (Å²) in [5, 5.41) is 0. The van der Waals surface area contributed by atoms with E-state index >= 15 is 0 Å². The van der Waals surface area contributed by atoms with E-state index < -0.39 is 11.7 Å². The fraction of sp³-hybridized carbons (Fsp3) is 0.208. The lowest BCUT2D eigenvalue weighted by atomic mass is 9.97. The van der Waals surface area contributed by atoms with Gasteiger partial charge in [0.2, 0.25) is 0 Å². The number of nitrogens with zero attached hydrogens (tertiary/aromatic N) is 3. The van der Waals surface area contributed by atoms with Crippen LogP contribution in [0.3, 0.4) is 0 Å². The van der Waals surface area contributed by atoms with E-state index in [9.17, 15) is 4.79 Å². The third-order valence-electron chi connectivity index (χ3n) is 5.17. The molecule has 30 heavy (non-hydrogen) atoms. The van der Waals surface area contributed by atoms with Crippen molar-refractivity contribution in [3.63, 3.8) is 0 Å². The number of rotatable bonds is 6. The summed E-state index contributed by atoms with van der Waals surface area (Å²) in [7, 11) is 0. The number of carbonyl (C=O) groups is 1. The predicted octanol–water partition coefficient (Wildman–Crippen LogP) is 4.87. The Hall–Kier alpha value is -3.67. The van der Waals surface area contributed by atoms with Crippen LogP contribution in [-0.4, -0.2) is 26.1 Å². The lowest BCUT2D eigenvalue weighted by Gasteiger charge is -2.23. The van der Waals surface area contributed by atoms with Gasteiger partial charge in [-0.15, -0.1) is 0 Å². The van der Waals surface area contributed by atoms with Crippen LogP contribution in [0.15, 0.2) is 73.3 Å². The number of benzene rings is 1. The summed E-state index contributed by atoms with van der Waals surface area (Å²) in [6.07, 6.45) is 8.27. The second kappa shape index (κ2) is 7.99. The summed E-state index contributed by atoms with van der Waals surface area (Å²) < 4.78 is 7.24. The van der Waals surface area contributed by atoms with Gasteiger partial charge in [0.25, 0.3) is 0 Å². The molecule has 1 amide bonds. The quantitative estimate of drug-likeness (QED) is 0.500. The summed E-state index contributed by atoms with van der Waals surface area (Å²) in [6, 6.07) is 16.5. The highest BCUT2D eigenvalue weighted by molar-refractivity contribution is 5.70. The molecule has 0 aliphatic rings. The molecule has 0 aliphatic heterocycles. The molecule has 0 spiro atoms. The Bertz CT molecular complexity index is 1170. The summed E-state index contributed by atoms with van der Waals surface area (Å²) >= 11 is 0. The van der Waals surface area contributed by atoms with Crippen molar-refractivity contribution in [2.75, 3.05) is 0 Å². The summed E-state index contributed by atoms with van der Waals surface area (Å²) in [6.45, 7) is 3.73. The number of amides is 1. The molecule has 0 atom stereocenters. The summed E-state index contributed by atoms with van der Waals surface area (Å²) in [4.78, 5) is 19.7. The minimum atomic E-state index is -0.741. The molecule has 4 rings (SSSR count). The zero-order chi connectivity index (χ0) is 21.1. The van der Waals surface area contributed by atoms with Crippen LogP contribution in [-0.2, 0) is 11.2 Å². The molecule has 0 saturated heterocycles. The van der Waals surface area contributed by atoms with E-state index in [0.717, 1.165) is 34.5 Å². The van der Waals surface area contributed by atoms with E-state index in [-0.39, 0.29) is 0 Å². The van der Waals surface area contributed by atoms with E-state index in [1.54, 1.807) is 12.4 Å². The first-order valence-electron chi connectivity index (χ1n) is 9.87. The molecule has 152 valence electrons. The number of ether oxygens (including phenoxy) is 1. The molecule has 3 heterocycles. The van der Waals surface area contributed by atoms with Gasteiger partial charge in [-0.05, 0) is 67.6 Å². The van der Waals surface area contributed by atoms with Gasteiger partial charge in [0.15, 0.2) is 0 Å². The Kier molecular flexibility index (Phi) is 5.23. The van der Waals surface area contributed by atoms with Gasteiger partial charge >= 0.3 is 6.09 Å². The highest BCUT2D eigenvalue weighted by Gasteiger charge is 2.21. The lowest BCUT2D eigenvalue weighted by Crippen LogP contribution is -2.31. The number of aryl methyl sites for hydroxylation is 1. The van der Waals surface area contributed by atoms with Crippen LogP contribution in [0.4, 0.5) is 4.79 Å². The molecule has 1 aromatic carbocycles. The zero-order valence-corrected chi connectivity index (χ0v) is 17.1. The van der Waals surface area contributed by atoms with Crippen LogP contribution < -0.4 is 5.73 Å². The molecule has 0 unspecified atom stereocenters. The molecule has 0 bridgehead atoms. The standard InChI is InChI=1S/C24H24N4O2/c1-24(2,30-23(25)29)11-7-17-3-5-19(6-4-17)21-16-27-22-15-20(10-14-28(21)22)18-8-12-26-13-9-18/h3-6,8-10,12-16H,7,11H2,1-2H3,(H2,25,29). The third kappa shape index (κ3) is 4.33. The average Bonchev–Trinajstić information content (AvgIpc) is 3.16. The Morgan fingerprint density at radius 1 is 1.03 bits per heavy atom. The molecular formula is C24H24N4O2. The molecule has 6 heteroatoms. The highest BCUT2D eigenvalue weighted by atomic mass is 16.6. The Labute approximate surface area is 175 Å².